The van der Waals surface area contributed by atoms with Crippen LogP contribution in [0.3, 0.4) is 0 Å². The number of hydrogen-bond donors (Lipinski definition) is 0. The molecule has 0 aliphatic carbocycles. The van der Waals surface area contributed by atoms with Gasteiger partial charge < -0.3 is 4.74 Å². The summed E-state index contributed by atoms with van der Waals surface area (Å²) in [5.74, 6) is 0.255. The van der Waals surface area contributed by atoms with Crippen molar-refractivity contribution in [2.24, 2.45) is 0 Å². The zero-order valence-corrected chi connectivity index (χ0v) is 9.72. The Morgan fingerprint density at radius 2 is 1.65 bits per heavy atom. The van der Waals surface area contributed by atoms with E-state index in [4.69, 9.17) is 4.74 Å². The Bertz CT molecular complexity index is 486. The predicted molar refractivity (Wildman–Crippen MR) is 67.2 cm³/mol. The SMILES string of the molecule is CCc1ccc(OC(=O)c2ccccc2)cc1. The van der Waals surface area contributed by atoms with Gasteiger partial charge >= 0.3 is 5.97 Å². The van der Waals surface area contributed by atoms with Crippen molar-refractivity contribution >= 4 is 5.97 Å². The van der Waals surface area contributed by atoms with E-state index < -0.39 is 0 Å². The molecule has 0 radical (unpaired) electrons. The molecule has 0 atom stereocenters. The maximum atomic E-state index is 11.7. The van der Waals surface area contributed by atoms with E-state index in [1.807, 2.05) is 42.5 Å². The number of ether oxygens (including phenoxy) is 1. The molecule has 0 aliphatic rings. The molecule has 2 aromatic rings. The van der Waals surface area contributed by atoms with E-state index in [2.05, 4.69) is 6.92 Å². The fraction of sp³-hybridized carbons (Fsp3) is 0.133. The molecule has 0 spiro atoms. The van der Waals surface area contributed by atoms with Crippen LogP contribution in [0.4, 0.5) is 0 Å². The third kappa shape index (κ3) is 2.94. The Morgan fingerprint density at radius 1 is 1.00 bits per heavy atom. The highest BCUT2D eigenvalue weighted by atomic mass is 16.5. The van der Waals surface area contributed by atoms with E-state index >= 15 is 0 Å². The summed E-state index contributed by atoms with van der Waals surface area (Å²) in [4.78, 5) is 11.7. The highest BCUT2D eigenvalue weighted by Gasteiger charge is 2.06. The quantitative estimate of drug-likeness (QED) is 0.591. The van der Waals surface area contributed by atoms with Crippen LogP contribution >= 0.6 is 0 Å². The van der Waals surface area contributed by atoms with Gasteiger partial charge in [0.1, 0.15) is 5.75 Å². The second kappa shape index (κ2) is 5.30. The van der Waals surface area contributed by atoms with Crippen LogP contribution in [0.15, 0.2) is 54.6 Å². The van der Waals surface area contributed by atoms with Crippen LogP contribution in [0.5, 0.6) is 5.75 Å². The van der Waals surface area contributed by atoms with Crippen LogP contribution in [0, 0.1) is 0 Å². The highest BCUT2D eigenvalue weighted by Crippen LogP contribution is 2.14. The minimum Gasteiger partial charge on any atom is -0.423 e. The Kier molecular flexibility index (Phi) is 3.55. The molecule has 86 valence electrons. The molecule has 2 nitrogen and oxygen atoms in total. The fourth-order valence-electron chi connectivity index (χ4n) is 1.53. The minimum absolute atomic E-state index is 0.324. The summed E-state index contributed by atoms with van der Waals surface area (Å²) in [6.45, 7) is 2.09. The molecule has 0 saturated heterocycles. The van der Waals surface area contributed by atoms with Crippen molar-refractivity contribution in [3.63, 3.8) is 0 Å². The molecular weight excluding hydrogens is 212 g/mol. The van der Waals surface area contributed by atoms with Crippen LogP contribution in [-0.2, 0) is 6.42 Å². The molecule has 0 amide bonds. The van der Waals surface area contributed by atoms with Gasteiger partial charge in [-0.25, -0.2) is 4.79 Å². The first-order valence-electron chi connectivity index (χ1n) is 5.66. The van der Waals surface area contributed by atoms with Gasteiger partial charge in [-0.3, -0.25) is 0 Å². The van der Waals surface area contributed by atoms with E-state index in [0.29, 0.717) is 11.3 Å². The molecule has 0 aromatic heterocycles. The lowest BCUT2D eigenvalue weighted by Gasteiger charge is -2.04. The Morgan fingerprint density at radius 3 is 2.24 bits per heavy atom. The minimum atomic E-state index is -0.324. The van der Waals surface area contributed by atoms with Crippen LogP contribution in [0.25, 0.3) is 0 Å². The fourth-order valence-corrected chi connectivity index (χ4v) is 1.53. The molecule has 17 heavy (non-hydrogen) atoms. The first kappa shape index (κ1) is 11.4. The van der Waals surface area contributed by atoms with Crippen molar-refractivity contribution in [2.75, 3.05) is 0 Å². The van der Waals surface area contributed by atoms with Crippen molar-refractivity contribution in [1.29, 1.82) is 0 Å². The summed E-state index contributed by atoms with van der Waals surface area (Å²) in [5.41, 5.74) is 1.79. The zero-order chi connectivity index (χ0) is 12.1. The molecule has 2 aromatic carbocycles. The molecule has 2 rings (SSSR count). The summed E-state index contributed by atoms with van der Waals surface area (Å²) < 4.78 is 5.26. The lowest BCUT2D eigenvalue weighted by molar-refractivity contribution is 0.0735. The predicted octanol–water partition coefficient (Wildman–Crippen LogP) is 3.47. The number of rotatable bonds is 3. The van der Waals surface area contributed by atoms with E-state index in [-0.39, 0.29) is 5.97 Å². The summed E-state index contributed by atoms with van der Waals surface area (Å²) in [6, 6.07) is 16.5. The maximum absolute atomic E-state index is 11.7. The summed E-state index contributed by atoms with van der Waals surface area (Å²) in [5, 5.41) is 0. The van der Waals surface area contributed by atoms with Crippen molar-refractivity contribution in [1.82, 2.24) is 0 Å². The maximum Gasteiger partial charge on any atom is 0.343 e. The van der Waals surface area contributed by atoms with Gasteiger partial charge in [0, 0.05) is 0 Å². The first-order valence-corrected chi connectivity index (χ1v) is 5.66. The Labute approximate surface area is 101 Å². The monoisotopic (exact) mass is 226 g/mol. The third-order valence-corrected chi connectivity index (χ3v) is 2.55. The lowest BCUT2D eigenvalue weighted by atomic mass is 10.2. The molecule has 0 saturated carbocycles. The van der Waals surface area contributed by atoms with E-state index in [0.717, 1.165) is 6.42 Å². The number of aryl methyl sites for hydroxylation is 1. The summed E-state index contributed by atoms with van der Waals surface area (Å²) in [6.07, 6.45) is 0.979. The van der Waals surface area contributed by atoms with E-state index in [9.17, 15) is 4.79 Å². The van der Waals surface area contributed by atoms with Gasteiger partial charge in [0.05, 0.1) is 5.56 Å². The van der Waals surface area contributed by atoms with E-state index in [1.54, 1.807) is 12.1 Å². The van der Waals surface area contributed by atoms with Crippen molar-refractivity contribution in [2.45, 2.75) is 13.3 Å². The average Bonchev–Trinajstić information content (AvgIpc) is 2.40. The smallest absolute Gasteiger partial charge is 0.343 e. The zero-order valence-electron chi connectivity index (χ0n) is 9.72. The standard InChI is InChI=1S/C15H14O2/c1-2-12-8-10-14(11-9-12)17-15(16)13-6-4-3-5-7-13/h3-11H,2H2,1H3. The van der Waals surface area contributed by atoms with Crippen LogP contribution < -0.4 is 4.74 Å². The number of carbonyl (C=O) groups excluding carboxylic acids is 1. The number of carbonyl (C=O) groups is 1. The van der Waals surface area contributed by atoms with Gasteiger partial charge in [-0.2, -0.15) is 0 Å². The topological polar surface area (TPSA) is 26.3 Å². The van der Waals surface area contributed by atoms with Crippen LogP contribution in [0.2, 0.25) is 0 Å². The Balaban J connectivity index is 2.08. The van der Waals surface area contributed by atoms with Gasteiger partial charge in [0.2, 0.25) is 0 Å². The highest BCUT2D eigenvalue weighted by molar-refractivity contribution is 5.90. The van der Waals surface area contributed by atoms with Crippen molar-refractivity contribution in [3.05, 3.63) is 65.7 Å². The van der Waals surface area contributed by atoms with Gasteiger partial charge in [-0.1, -0.05) is 37.3 Å². The van der Waals surface area contributed by atoms with E-state index in [1.165, 1.54) is 5.56 Å². The molecule has 0 heterocycles. The van der Waals surface area contributed by atoms with Crippen LogP contribution in [0.1, 0.15) is 22.8 Å². The third-order valence-electron chi connectivity index (χ3n) is 2.55. The molecule has 0 aliphatic heterocycles. The summed E-state index contributed by atoms with van der Waals surface area (Å²) >= 11 is 0. The number of esters is 1. The van der Waals surface area contributed by atoms with Crippen molar-refractivity contribution < 1.29 is 9.53 Å². The molecule has 0 bridgehead atoms. The summed E-state index contributed by atoms with van der Waals surface area (Å²) in [7, 11) is 0. The normalized spacial score (nSPS) is 9.94. The first-order chi connectivity index (χ1) is 8.29. The van der Waals surface area contributed by atoms with Gasteiger partial charge in [-0.05, 0) is 36.2 Å². The lowest BCUT2D eigenvalue weighted by Crippen LogP contribution is -2.07. The molecule has 0 fully saturated rings. The van der Waals surface area contributed by atoms with Gasteiger partial charge in [0.25, 0.3) is 0 Å². The molecule has 0 N–H and O–H groups in total. The second-order valence-electron chi connectivity index (χ2n) is 3.75. The van der Waals surface area contributed by atoms with Crippen LogP contribution in [-0.4, -0.2) is 5.97 Å². The molecular formula is C15H14O2. The average molecular weight is 226 g/mol. The number of hydrogen-bond acceptors (Lipinski definition) is 2. The second-order valence-corrected chi connectivity index (χ2v) is 3.75. The molecule has 2 heteroatoms. The van der Waals surface area contributed by atoms with Gasteiger partial charge in [-0.15, -0.1) is 0 Å². The number of benzene rings is 2. The Hall–Kier alpha value is -2.09. The van der Waals surface area contributed by atoms with Crippen molar-refractivity contribution in [3.8, 4) is 5.75 Å². The van der Waals surface area contributed by atoms with Gasteiger partial charge in [0.15, 0.2) is 0 Å². The molecule has 0 unspecified atom stereocenters. The largest absolute Gasteiger partial charge is 0.423 e.